The summed E-state index contributed by atoms with van der Waals surface area (Å²) in [6.45, 7) is 6.75. The molecule has 0 aliphatic rings. The molecule has 350 valence electrons. The lowest BCUT2D eigenvalue weighted by Crippen LogP contribution is -2.61. The van der Waals surface area contributed by atoms with Crippen molar-refractivity contribution in [3.05, 3.63) is 0 Å². The molecule has 0 saturated heterocycles. The molecular weight excluding hydrogens is 733 g/mol. The minimum Gasteiger partial charge on any atom is -0.386 e. The van der Waals surface area contributed by atoms with Crippen LogP contribution in [0.2, 0.25) is 0 Å². The van der Waals surface area contributed by atoms with Gasteiger partial charge < -0.3 is 15.3 Å². The van der Waals surface area contributed by atoms with Gasteiger partial charge in [0.05, 0.1) is 0 Å². The summed E-state index contributed by atoms with van der Waals surface area (Å²) in [6, 6.07) is 0. The van der Waals surface area contributed by atoms with Gasteiger partial charge in [0.1, 0.15) is 12.2 Å². The van der Waals surface area contributed by atoms with Crippen LogP contribution in [0.25, 0.3) is 0 Å². The first-order valence-corrected chi connectivity index (χ1v) is 26.4. The van der Waals surface area contributed by atoms with Crippen molar-refractivity contribution < 1.29 is 29.7 Å². The molecule has 0 fully saturated rings. The molecule has 0 saturated carbocycles. The predicted molar refractivity (Wildman–Crippen MR) is 252 cm³/mol. The first-order valence-electron chi connectivity index (χ1n) is 26.4. The van der Waals surface area contributed by atoms with E-state index in [0.717, 1.165) is 57.8 Å². The van der Waals surface area contributed by atoms with Crippen LogP contribution < -0.4 is 0 Å². The van der Waals surface area contributed by atoms with Crippen molar-refractivity contribution in [2.75, 3.05) is 0 Å². The lowest BCUT2D eigenvalue weighted by atomic mass is 9.79. The van der Waals surface area contributed by atoms with Crippen LogP contribution >= 0.6 is 0 Å². The summed E-state index contributed by atoms with van der Waals surface area (Å²) in [5.41, 5.74) is -2.75. The van der Waals surface area contributed by atoms with Crippen LogP contribution in [-0.4, -0.2) is 50.5 Å². The molecule has 0 aliphatic carbocycles. The molecule has 6 nitrogen and oxygen atoms in total. The van der Waals surface area contributed by atoms with E-state index in [1.54, 1.807) is 0 Å². The zero-order valence-corrected chi connectivity index (χ0v) is 39.8. The second-order valence-corrected chi connectivity index (χ2v) is 18.7. The number of unbranched alkanes of at least 4 members (excludes halogenated alkanes) is 38. The number of aliphatic hydroxyl groups is 3. The molecule has 0 aromatic carbocycles. The lowest BCUT2D eigenvalue weighted by molar-refractivity contribution is -0.174. The topological polar surface area (TPSA) is 112 Å². The van der Waals surface area contributed by atoms with Gasteiger partial charge >= 0.3 is 0 Å². The summed E-state index contributed by atoms with van der Waals surface area (Å²) in [4.78, 5) is 40.2. The molecule has 0 radical (unpaired) electrons. The van der Waals surface area contributed by atoms with Gasteiger partial charge in [0.2, 0.25) is 5.60 Å². The monoisotopic (exact) mass is 835 g/mol. The first kappa shape index (κ1) is 57.9. The van der Waals surface area contributed by atoms with Crippen molar-refractivity contribution >= 4 is 17.3 Å². The van der Waals surface area contributed by atoms with Crippen LogP contribution in [-0.2, 0) is 14.4 Å². The molecule has 0 aromatic rings. The van der Waals surface area contributed by atoms with Crippen molar-refractivity contribution in [2.45, 2.75) is 321 Å². The summed E-state index contributed by atoms with van der Waals surface area (Å²) >= 11 is 0. The van der Waals surface area contributed by atoms with Crippen LogP contribution in [0.15, 0.2) is 0 Å². The molecule has 0 aromatic heterocycles. The molecule has 0 bridgehead atoms. The Kier molecular flexibility index (Phi) is 42.7. The minimum atomic E-state index is -2.75. The number of Topliss-reactive ketones (excluding diaryl/α,β-unsaturated/α-hetero) is 3. The van der Waals surface area contributed by atoms with E-state index < -0.39 is 35.2 Å². The van der Waals surface area contributed by atoms with E-state index in [-0.39, 0.29) is 19.3 Å². The molecule has 0 aliphatic heterocycles. The maximum Gasteiger partial charge on any atom is 0.210 e. The van der Waals surface area contributed by atoms with Crippen LogP contribution in [0, 0.1) is 0 Å². The SMILES string of the molecule is CCCCCCCCCCCCCCCCCC(=O)C(O)C(O)C(O)(C(=O)CCCCCCCCCCCCCCC)C(=O)CCCCCCCCCCCCCCC. The van der Waals surface area contributed by atoms with Crippen LogP contribution in [0.1, 0.15) is 303 Å². The van der Waals surface area contributed by atoms with Crippen LogP contribution in [0.4, 0.5) is 0 Å². The lowest BCUT2D eigenvalue weighted by Gasteiger charge is -2.32. The Balaban J connectivity index is 4.73. The summed E-state index contributed by atoms with van der Waals surface area (Å²) in [5, 5.41) is 33.8. The Bertz CT molecular complexity index is 891. The summed E-state index contributed by atoms with van der Waals surface area (Å²) in [6.07, 6.45) is 44.1. The van der Waals surface area contributed by atoms with Gasteiger partial charge in [-0.05, 0) is 19.3 Å². The highest BCUT2D eigenvalue weighted by atomic mass is 16.4. The molecular formula is C53H102O6. The van der Waals surface area contributed by atoms with Crippen LogP contribution in [0.3, 0.4) is 0 Å². The third-order valence-corrected chi connectivity index (χ3v) is 12.9. The summed E-state index contributed by atoms with van der Waals surface area (Å²) in [7, 11) is 0. The highest BCUT2D eigenvalue weighted by molar-refractivity contribution is 6.11. The van der Waals surface area contributed by atoms with E-state index in [1.807, 2.05) is 0 Å². The van der Waals surface area contributed by atoms with E-state index in [0.29, 0.717) is 19.3 Å². The van der Waals surface area contributed by atoms with Gasteiger partial charge in [0.25, 0.3) is 0 Å². The summed E-state index contributed by atoms with van der Waals surface area (Å²) in [5.74, 6) is -2.12. The normalized spacial score (nSPS) is 12.9. The maximum atomic E-state index is 13.6. The minimum absolute atomic E-state index is 0.0460. The second kappa shape index (κ2) is 43.5. The van der Waals surface area contributed by atoms with Crippen molar-refractivity contribution in [3.63, 3.8) is 0 Å². The van der Waals surface area contributed by atoms with Gasteiger partial charge in [-0.2, -0.15) is 0 Å². The molecule has 2 atom stereocenters. The number of hydrogen-bond acceptors (Lipinski definition) is 6. The fraction of sp³-hybridized carbons (Fsp3) is 0.943. The van der Waals surface area contributed by atoms with E-state index in [4.69, 9.17) is 0 Å². The van der Waals surface area contributed by atoms with Crippen molar-refractivity contribution in [1.82, 2.24) is 0 Å². The largest absolute Gasteiger partial charge is 0.386 e. The number of ketones is 3. The molecule has 6 heteroatoms. The molecule has 0 spiro atoms. The van der Waals surface area contributed by atoms with Crippen molar-refractivity contribution in [2.24, 2.45) is 0 Å². The second-order valence-electron chi connectivity index (χ2n) is 18.7. The highest BCUT2D eigenvalue weighted by Crippen LogP contribution is 2.26. The number of carbonyl (C=O) groups is 3. The van der Waals surface area contributed by atoms with Gasteiger partial charge in [0, 0.05) is 19.3 Å². The fourth-order valence-corrected chi connectivity index (χ4v) is 8.70. The van der Waals surface area contributed by atoms with Gasteiger partial charge in [-0.15, -0.1) is 0 Å². The zero-order chi connectivity index (χ0) is 43.5. The van der Waals surface area contributed by atoms with Gasteiger partial charge in [-0.3, -0.25) is 14.4 Å². The Morgan fingerprint density at radius 2 is 0.508 bits per heavy atom. The molecule has 0 rings (SSSR count). The highest BCUT2D eigenvalue weighted by Gasteiger charge is 2.52. The third kappa shape index (κ3) is 33.2. The average Bonchev–Trinajstić information content (AvgIpc) is 3.24. The molecule has 0 heterocycles. The Labute approximate surface area is 367 Å². The average molecular weight is 835 g/mol. The van der Waals surface area contributed by atoms with Crippen molar-refractivity contribution in [3.8, 4) is 0 Å². The molecule has 59 heavy (non-hydrogen) atoms. The number of aliphatic hydroxyl groups excluding tert-OH is 2. The maximum absolute atomic E-state index is 13.6. The van der Waals surface area contributed by atoms with Gasteiger partial charge in [-0.1, -0.05) is 265 Å². The van der Waals surface area contributed by atoms with E-state index in [1.165, 1.54) is 186 Å². The molecule has 3 N–H and O–H groups in total. The number of hydrogen-bond donors (Lipinski definition) is 3. The van der Waals surface area contributed by atoms with Crippen LogP contribution in [0.5, 0.6) is 0 Å². The first-order chi connectivity index (χ1) is 28.8. The summed E-state index contributed by atoms with van der Waals surface area (Å²) < 4.78 is 0. The molecule has 2 unspecified atom stereocenters. The Morgan fingerprint density at radius 3 is 0.729 bits per heavy atom. The smallest absolute Gasteiger partial charge is 0.210 e. The van der Waals surface area contributed by atoms with Gasteiger partial charge in [0.15, 0.2) is 17.3 Å². The fourth-order valence-electron chi connectivity index (χ4n) is 8.70. The third-order valence-electron chi connectivity index (χ3n) is 12.9. The van der Waals surface area contributed by atoms with Crippen molar-refractivity contribution in [1.29, 1.82) is 0 Å². The van der Waals surface area contributed by atoms with E-state index in [9.17, 15) is 29.7 Å². The Hall–Kier alpha value is -1.11. The number of rotatable bonds is 49. The number of carbonyl (C=O) groups excluding carboxylic acids is 3. The van der Waals surface area contributed by atoms with Gasteiger partial charge in [-0.25, -0.2) is 0 Å². The standard InChI is InChI=1S/C53H102O6/c1-4-7-10-13-16-19-22-25-26-29-30-33-36-39-42-45-48(54)51(57)52(58)53(59,49(55)46-43-40-37-34-31-27-23-20-17-14-11-8-5-2)50(56)47-44-41-38-35-32-28-24-21-18-15-12-9-6-3/h51-52,57-59H,4-47H2,1-3H3. The quantitative estimate of drug-likeness (QED) is 0.0416. The van der Waals surface area contributed by atoms with E-state index in [2.05, 4.69) is 20.8 Å². The Morgan fingerprint density at radius 1 is 0.322 bits per heavy atom. The van der Waals surface area contributed by atoms with E-state index >= 15 is 0 Å². The molecule has 0 amide bonds. The predicted octanol–water partition coefficient (Wildman–Crippen LogP) is 15.4. The zero-order valence-electron chi connectivity index (χ0n) is 39.8.